The van der Waals surface area contributed by atoms with Crippen LogP contribution < -0.4 is 0 Å². The molecule has 1 aliphatic rings. The number of carboxylic acids is 1. The fourth-order valence-electron chi connectivity index (χ4n) is 1.95. The molecule has 0 aromatic carbocycles. The van der Waals surface area contributed by atoms with Crippen molar-refractivity contribution in [3.05, 3.63) is 17.7 Å². The molecule has 2 heterocycles. The second-order valence-electron chi connectivity index (χ2n) is 4.24. The van der Waals surface area contributed by atoms with E-state index in [9.17, 15) is 9.59 Å². The topological polar surface area (TPSA) is 95.5 Å². The van der Waals surface area contributed by atoms with Gasteiger partial charge < -0.3 is 19.7 Å². The number of amides is 1. The minimum Gasteiger partial charge on any atom is -0.481 e. The fourth-order valence-corrected chi connectivity index (χ4v) is 1.95. The third-order valence-corrected chi connectivity index (χ3v) is 2.80. The van der Waals surface area contributed by atoms with E-state index >= 15 is 0 Å². The molecule has 1 aromatic rings. The third kappa shape index (κ3) is 2.67. The molecule has 7 nitrogen and oxygen atoms in total. The molecular weight excluding hydrogens is 238 g/mol. The molecule has 0 unspecified atom stereocenters. The highest BCUT2D eigenvalue weighted by Gasteiger charge is 2.30. The maximum absolute atomic E-state index is 12.2. The Balaban J connectivity index is 2.13. The molecule has 1 fully saturated rings. The molecule has 1 aromatic heterocycles. The van der Waals surface area contributed by atoms with E-state index in [0.717, 1.165) is 5.69 Å². The Morgan fingerprint density at radius 3 is 3.06 bits per heavy atom. The van der Waals surface area contributed by atoms with E-state index < -0.39 is 12.0 Å². The van der Waals surface area contributed by atoms with Crippen LogP contribution in [-0.2, 0) is 9.53 Å². The number of carboxylic acid groups (broad SMARTS) is 1. The van der Waals surface area contributed by atoms with Gasteiger partial charge in [0, 0.05) is 18.4 Å². The normalized spacial score (nSPS) is 19.8. The average Bonchev–Trinajstić information content (AvgIpc) is 2.75. The van der Waals surface area contributed by atoms with Crippen molar-refractivity contribution in [2.24, 2.45) is 0 Å². The van der Waals surface area contributed by atoms with Crippen molar-refractivity contribution in [1.29, 1.82) is 0 Å². The number of morpholine rings is 1. The monoisotopic (exact) mass is 253 g/mol. The predicted octanol–water partition coefficient (Wildman–Crippen LogP) is 0.0338. The van der Waals surface area contributed by atoms with Crippen LogP contribution in [0, 0.1) is 6.92 Å². The first kappa shape index (κ1) is 12.6. The van der Waals surface area contributed by atoms with Crippen LogP contribution in [0.1, 0.15) is 22.7 Å². The van der Waals surface area contributed by atoms with E-state index in [0.29, 0.717) is 13.2 Å². The number of nitrogens with one attached hydrogen (secondary N) is 1. The molecule has 0 radical (unpaired) electrons. The quantitative estimate of drug-likeness (QED) is 0.792. The van der Waals surface area contributed by atoms with Gasteiger partial charge in [-0.25, -0.2) is 4.98 Å². The first-order chi connectivity index (χ1) is 8.58. The lowest BCUT2D eigenvalue weighted by Gasteiger charge is -2.34. The number of aromatic amines is 1. The molecule has 0 aliphatic carbocycles. The molecule has 0 bridgehead atoms. The standard InChI is InChI=1S/C11H15N3O4/c1-7-5-12-10(13-7)11(17)14-2-3-18-6-8(14)4-9(15)16/h5,8H,2-4,6H2,1H3,(H,12,13)(H,15,16)/t8-/m1/s1. The lowest BCUT2D eigenvalue weighted by molar-refractivity contribution is -0.139. The first-order valence-electron chi connectivity index (χ1n) is 5.70. The summed E-state index contributed by atoms with van der Waals surface area (Å²) in [6, 6.07) is -0.436. The van der Waals surface area contributed by atoms with Crippen LogP contribution in [0.15, 0.2) is 6.20 Å². The first-order valence-corrected chi connectivity index (χ1v) is 5.70. The van der Waals surface area contributed by atoms with Crippen molar-refractivity contribution in [2.75, 3.05) is 19.8 Å². The maximum atomic E-state index is 12.2. The summed E-state index contributed by atoms with van der Waals surface area (Å²) in [5.74, 6) is -0.985. The summed E-state index contributed by atoms with van der Waals surface area (Å²) in [7, 11) is 0. The molecule has 2 rings (SSSR count). The lowest BCUT2D eigenvalue weighted by Crippen LogP contribution is -2.49. The van der Waals surface area contributed by atoms with E-state index in [1.54, 1.807) is 13.1 Å². The van der Waals surface area contributed by atoms with Gasteiger partial charge >= 0.3 is 5.97 Å². The molecular formula is C11H15N3O4. The van der Waals surface area contributed by atoms with Gasteiger partial charge in [-0.15, -0.1) is 0 Å². The summed E-state index contributed by atoms with van der Waals surface area (Å²) in [6.45, 7) is 2.85. The third-order valence-electron chi connectivity index (χ3n) is 2.80. The minimum atomic E-state index is -0.945. The van der Waals surface area contributed by atoms with Crippen LogP contribution in [0.5, 0.6) is 0 Å². The van der Waals surface area contributed by atoms with E-state index in [1.807, 2.05) is 0 Å². The van der Waals surface area contributed by atoms with Crippen LogP contribution in [0.2, 0.25) is 0 Å². The number of carbonyl (C=O) groups excluding carboxylic acids is 1. The molecule has 2 N–H and O–H groups in total. The highest BCUT2D eigenvalue weighted by atomic mass is 16.5. The van der Waals surface area contributed by atoms with Crippen LogP contribution in [0.25, 0.3) is 0 Å². The molecule has 1 atom stereocenters. The number of aryl methyl sites for hydroxylation is 1. The Hall–Kier alpha value is -1.89. The predicted molar refractivity (Wildman–Crippen MR) is 61.2 cm³/mol. The fraction of sp³-hybridized carbons (Fsp3) is 0.545. The number of imidazole rings is 1. The zero-order chi connectivity index (χ0) is 13.1. The smallest absolute Gasteiger partial charge is 0.305 e. The highest BCUT2D eigenvalue weighted by molar-refractivity contribution is 5.91. The molecule has 0 saturated carbocycles. The second kappa shape index (κ2) is 5.18. The van der Waals surface area contributed by atoms with Gasteiger partial charge in [0.05, 0.1) is 25.7 Å². The Kier molecular flexibility index (Phi) is 3.61. The molecule has 1 amide bonds. The van der Waals surface area contributed by atoms with E-state index in [4.69, 9.17) is 9.84 Å². The van der Waals surface area contributed by atoms with Crippen molar-refractivity contribution in [3.63, 3.8) is 0 Å². The number of aromatic nitrogens is 2. The van der Waals surface area contributed by atoms with Crippen molar-refractivity contribution in [3.8, 4) is 0 Å². The van der Waals surface area contributed by atoms with Gasteiger partial charge in [-0.05, 0) is 6.92 Å². The Bertz CT molecular complexity index is 457. The SMILES string of the molecule is Cc1cnc(C(=O)N2CCOC[C@H]2CC(=O)O)[nH]1. The molecule has 18 heavy (non-hydrogen) atoms. The number of aliphatic carboxylic acids is 1. The van der Waals surface area contributed by atoms with E-state index in [1.165, 1.54) is 4.90 Å². The highest BCUT2D eigenvalue weighted by Crippen LogP contribution is 2.13. The number of H-pyrrole nitrogens is 1. The van der Waals surface area contributed by atoms with Crippen molar-refractivity contribution in [2.45, 2.75) is 19.4 Å². The van der Waals surface area contributed by atoms with Gasteiger partial charge in [0.2, 0.25) is 0 Å². The summed E-state index contributed by atoms with van der Waals surface area (Å²) in [4.78, 5) is 31.3. The Morgan fingerprint density at radius 1 is 1.67 bits per heavy atom. The van der Waals surface area contributed by atoms with E-state index in [-0.39, 0.29) is 24.8 Å². The number of hydrogen-bond donors (Lipinski definition) is 2. The van der Waals surface area contributed by atoms with E-state index in [2.05, 4.69) is 9.97 Å². The molecule has 0 spiro atoms. The van der Waals surface area contributed by atoms with Gasteiger partial charge in [0.15, 0.2) is 5.82 Å². The summed E-state index contributed by atoms with van der Waals surface area (Å²) < 4.78 is 5.22. The van der Waals surface area contributed by atoms with Crippen molar-refractivity contribution < 1.29 is 19.4 Å². The van der Waals surface area contributed by atoms with Crippen LogP contribution in [0.4, 0.5) is 0 Å². The van der Waals surface area contributed by atoms with Crippen molar-refractivity contribution >= 4 is 11.9 Å². The number of hydrogen-bond acceptors (Lipinski definition) is 4. The second-order valence-corrected chi connectivity index (χ2v) is 4.24. The molecule has 1 saturated heterocycles. The minimum absolute atomic E-state index is 0.120. The van der Waals surface area contributed by atoms with Gasteiger partial charge in [-0.1, -0.05) is 0 Å². The maximum Gasteiger partial charge on any atom is 0.305 e. The summed E-state index contributed by atoms with van der Waals surface area (Å²) in [5.41, 5.74) is 0.793. The number of carbonyl (C=O) groups is 2. The zero-order valence-electron chi connectivity index (χ0n) is 10.0. The largest absolute Gasteiger partial charge is 0.481 e. The van der Waals surface area contributed by atoms with Gasteiger partial charge in [0.1, 0.15) is 0 Å². The van der Waals surface area contributed by atoms with Crippen LogP contribution in [-0.4, -0.2) is 57.7 Å². The summed E-state index contributed by atoms with van der Waals surface area (Å²) in [6.07, 6.45) is 1.45. The van der Waals surface area contributed by atoms with Gasteiger partial charge in [-0.3, -0.25) is 9.59 Å². The molecule has 1 aliphatic heterocycles. The number of rotatable bonds is 3. The van der Waals surface area contributed by atoms with Gasteiger partial charge in [0.25, 0.3) is 5.91 Å². The Labute approximate surface area is 104 Å². The summed E-state index contributed by atoms with van der Waals surface area (Å²) >= 11 is 0. The average molecular weight is 253 g/mol. The lowest BCUT2D eigenvalue weighted by atomic mass is 10.1. The number of ether oxygens (including phenoxy) is 1. The number of nitrogens with zero attached hydrogens (tertiary/aromatic N) is 2. The van der Waals surface area contributed by atoms with Crippen LogP contribution >= 0.6 is 0 Å². The van der Waals surface area contributed by atoms with Gasteiger partial charge in [-0.2, -0.15) is 0 Å². The van der Waals surface area contributed by atoms with Crippen LogP contribution in [0.3, 0.4) is 0 Å². The molecule has 98 valence electrons. The Morgan fingerprint density at radius 2 is 2.44 bits per heavy atom. The molecule has 7 heteroatoms. The van der Waals surface area contributed by atoms with Crippen molar-refractivity contribution in [1.82, 2.24) is 14.9 Å². The summed E-state index contributed by atoms with van der Waals surface area (Å²) in [5, 5.41) is 8.82. The zero-order valence-corrected chi connectivity index (χ0v) is 10.0.